The van der Waals surface area contributed by atoms with Crippen molar-refractivity contribution in [2.24, 2.45) is 0 Å². The number of rotatable bonds is 8. The zero-order valence-electron chi connectivity index (χ0n) is 17.8. The van der Waals surface area contributed by atoms with Crippen molar-refractivity contribution in [1.29, 1.82) is 0 Å². The van der Waals surface area contributed by atoms with Crippen molar-refractivity contribution in [3.8, 4) is 5.75 Å². The van der Waals surface area contributed by atoms with Gasteiger partial charge in [0, 0.05) is 0 Å². The molecule has 2 aromatic heterocycles. The van der Waals surface area contributed by atoms with Crippen molar-refractivity contribution >= 4 is 16.7 Å². The Kier molecular flexibility index (Phi) is 5.84. The summed E-state index contributed by atoms with van der Waals surface area (Å²) in [6, 6.07) is 26.9. The number of ether oxygens (including phenoxy) is 1. The number of carbonyl (C=O) groups is 1. The van der Waals surface area contributed by atoms with Crippen LogP contribution in [0.2, 0.25) is 0 Å². The molecule has 1 amide bonds. The molecule has 7 nitrogen and oxygen atoms in total. The zero-order valence-corrected chi connectivity index (χ0v) is 17.8. The normalized spacial score (nSPS) is 11.9. The minimum Gasteiger partial charge on any atom is -0.486 e. The van der Waals surface area contributed by atoms with Crippen LogP contribution in [-0.4, -0.2) is 20.7 Å². The number of amides is 1. The van der Waals surface area contributed by atoms with Gasteiger partial charge >= 0.3 is 0 Å². The minimum atomic E-state index is -0.305. The highest BCUT2D eigenvalue weighted by Crippen LogP contribution is 2.22. The number of hydrogen-bond donors (Lipinski definition) is 1. The van der Waals surface area contributed by atoms with Crippen LogP contribution in [0.15, 0.2) is 102 Å². The van der Waals surface area contributed by atoms with E-state index in [-0.39, 0.29) is 24.3 Å². The molecule has 0 saturated heterocycles. The summed E-state index contributed by atoms with van der Waals surface area (Å²) in [5.41, 5.74) is 0.966. The second kappa shape index (κ2) is 9.40. The number of hydrogen-bond acceptors (Lipinski definition) is 5. The maximum atomic E-state index is 12.9. The number of fused-ring (bicyclic) bond motifs is 1. The lowest BCUT2D eigenvalue weighted by Crippen LogP contribution is -2.31. The summed E-state index contributed by atoms with van der Waals surface area (Å²) >= 11 is 0. The van der Waals surface area contributed by atoms with Gasteiger partial charge in [-0.05, 0) is 40.6 Å². The predicted molar refractivity (Wildman–Crippen MR) is 124 cm³/mol. The second-order valence-electron chi connectivity index (χ2n) is 7.62. The van der Waals surface area contributed by atoms with Crippen LogP contribution in [0.4, 0.5) is 0 Å². The maximum absolute atomic E-state index is 12.9. The van der Waals surface area contributed by atoms with Crippen LogP contribution in [0.5, 0.6) is 5.75 Å². The van der Waals surface area contributed by atoms with E-state index in [9.17, 15) is 4.79 Å². The standard InChI is InChI=1S/C26H22N4O3/c31-26(29-24(15-30-18-27-17-28-30)20-7-2-1-3-8-20)25-13-12-23(33-25)16-32-22-11-10-19-6-4-5-9-21(19)14-22/h1-14,17-18,24H,15-16H2,(H,29,31). The van der Waals surface area contributed by atoms with Crippen LogP contribution < -0.4 is 10.1 Å². The van der Waals surface area contributed by atoms with E-state index in [0.29, 0.717) is 12.3 Å². The zero-order chi connectivity index (χ0) is 22.5. The van der Waals surface area contributed by atoms with Crippen molar-refractivity contribution in [3.63, 3.8) is 0 Å². The average molecular weight is 438 g/mol. The predicted octanol–water partition coefficient (Wildman–Crippen LogP) is 4.77. The van der Waals surface area contributed by atoms with E-state index in [2.05, 4.69) is 21.5 Å². The summed E-state index contributed by atoms with van der Waals surface area (Å²) < 4.78 is 13.3. The molecule has 0 radical (unpaired) electrons. The molecule has 5 aromatic rings. The van der Waals surface area contributed by atoms with Crippen LogP contribution in [0.3, 0.4) is 0 Å². The van der Waals surface area contributed by atoms with E-state index >= 15 is 0 Å². The Balaban J connectivity index is 1.25. The molecule has 0 bridgehead atoms. The van der Waals surface area contributed by atoms with Crippen molar-refractivity contribution in [2.75, 3.05) is 0 Å². The second-order valence-corrected chi connectivity index (χ2v) is 7.62. The van der Waals surface area contributed by atoms with E-state index in [1.807, 2.05) is 66.7 Å². The highest BCUT2D eigenvalue weighted by molar-refractivity contribution is 5.91. The lowest BCUT2D eigenvalue weighted by molar-refractivity contribution is 0.0899. The van der Waals surface area contributed by atoms with Crippen molar-refractivity contribution < 1.29 is 13.9 Å². The molecule has 2 heterocycles. The van der Waals surface area contributed by atoms with Gasteiger partial charge in [-0.15, -0.1) is 0 Å². The van der Waals surface area contributed by atoms with Gasteiger partial charge in [0.25, 0.3) is 5.91 Å². The first-order chi connectivity index (χ1) is 16.2. The molecular formula is C26H22N4O3. The summed E-state index contributed by atoms with van der Waals surface area (Å²) in [5.74, 6) is 1.24. The third kappa shape index (κ3) is 4.93. The van der Waals surface area contributed by atoms with E-state index in [1.54, 1.807) is 23.1 Å². The molecular weight excluding hydrogens is 416 g/mol. The Morgan fingerprint density at radius 2 is 1.79 bits per heavy atom. The first-order valence-corrected chi connectivity index (χ1v) is 10.6. The lowest BCUT2D eigenvalue weighted by atomic mass is 10.1. The van der Waals surface area contributed by atoms with Crippen LogP contribution in [0, 0.1) is 0 Å². The van der Waals surface area contributed by atoms with Gasteiger partial charge in [0.05, 0.1) is 12.6 Å². The van der Waals surface area contributed by atoms with E-state index < -0.39 is 0 Å². The number of furan rings is 1. The third-order valence-corrected chi connectivity index (χ3v) is 5.33. The van der Waals surface area contributed by atoms with Gasteiger partial charge in [-0.1, -0.05) is 60.7 Å². The van der Waals surface area contributed by atoms with Crippen LogP contribution in [0.1, 0.15) is 27.9 Å². The van der Waals surface area contributed by atoms with Gasteiger partial charge in [0.15, 0.2) is 5.76 Å². The summed E-state index contributed by atoms with van der Waals surface area (Å²) in [6.07, 6.45) is 3.09. The summed E-state index contributed by atoms with van der Waals surface area (Å²) in [7, 11) is 0. The van der Waals surface area contributed by atoms with Gasteiger partial charge in [-0.25, -0.2) is 4.98 Å². The van der Waals surface area contributed by atoms with Crippen molar-refractivity contribution in [2.45, 2.75) is 19.2 Å². The molecule has 0 saturated carbocycles. The Hall–Kier alpha value is -4.39. The first kappa shape index (κ1) is 20.5. The summed E-state index contributed by atoms with van der Waals surface area (Å²) in [6.45, 7) is 0.682. The summed E-state index contributed by atoms with van der Waals surface area (Å²) in [5, 5.41) is 9.44. The van der Waals surface area contributed by atoms with Crippen LogP contribution in [-0.2, 0) is 13.2 Å². The van der Waals surface area contributed by atoms with E-state index in [0.717, 1.165) is 22.1 Å². The van der Waals surface area contributed by atoms with Gasteiger partial charge < -0.3 is 14.5 Å². The molecule has 1 unspecified atom stereocenters. The Labute approximate surface area is 190 Å². The minimum absolute atomic E-state index is 0.228. The smallest absolute Gasteiger partial charge is 0.287 e. The molecule has 7 heteroatoms. The number of nitrogens with one attached hydrogen (secondary N) is 1. The average Bonchev–Trinajstić information content (AvgIpc) is 3.55. The number of nitrogens with zero attached hydrogens (tertiary/aromatic N) is 3. The number of benzene rings is 3. The highest BCUT2D eigenvalue weighted by Gasteiger charge is 2.19. The Bertz CT molecular complexity index is 1350. The molecule has 33 heavy (non-hydrogen) atoms. The molecule has 5 rings (SSSR count). The first-order valence-electron chi connectivity index (χ1n) is 10.6. The number of aromatic nitrogens is 3. The Morgan fingerprint density at radius 1 is 0.970 bits per heavy atom. The molecule has 0 fully saturated rings. The van der Waals surface area contributed by atoms with E-state index in [1.165, 1.54) is 6.33 Å². The third-order valence-electron chi connectivity index (χ3n) is 5.33. The van der Waals surface area contributed by atoms with E-state index in [4.69, 9.17) is 9.15 Å². The fourth-order valence-corrected chi connectivity index (χ4v) is 3.65. The topological polar surface area (TPSA) is 82.2 Å². The molecule has 3 aromatic carbocycles. The Morgan fingerprint density at radius 3 is 2.61 bits per heavy atom. The van der Waals surface area contributed by atoms with Crippen LogP contribution >= 0.6 is 0 Å². The maximum Gasteiger partial charge on any atom is 0.287 e. The molecule has 0 aliphatic rings. The largest absolute Gasteiger partial charge is 0.486 e. The molecule has 0 spiro atoms. The van der Waals surface area contributed by atoms with Crippen LogP contribution in [0.25, 0.3) is 10.8 Å². The monoisotopic (exact) mass is 438 g/mol. The summed E-state index contributed by atoms with van der Waals surface area (Å²) in [4.78, 5) is 16.9. The fourth-order valence-electron chi connectivity index (χ4n) is 3.65. The number of carbonyl (C=O) groups excluding carboxylic acids is 1. The van der Waals surface area contributed by atoms with Gasteiger partial charge in [-0.2, -0.15) is 5.10 Å². The van der Waals surface area contributed by atoms with Gasteiger partial charge in [-0.3, -0.25) is 9.48 Å². The van der Waals surface area contributed by atoms with Crippen molar-refractivity contribution in [1.82, 2.24) is 20.1 Å². The lowest BCUT2D eigenvalue weighted by Gasteiger charge is -2.18. The SMILES string of the molecule is O=C(NC(Cn1cncn1)c1ccccc1)c1ccc(COc2ccc3ccccc3c2)o1. The molecule has 1 atom stereocenters. The van der Waals surface area contributed by atoms with Gasteiger partial charge in [0.1, 0.15) is 30.8 Å². The molecule has 1 N–H and O–H groups in total. The fraction of sp³-hybridized carbons (Fsp3) is 0.115. The quantitative estimate of drug-likeness (QED) is 0.377. The molecule has 0 aliphatic heterocycles. The highest BCUT2D eigenvalue weighted by atomic mass is 16.5. The molecule has 164 valence electrons. The molecule has 0 aliphatic carbocycles. The van der Waals surface area contributed by atoms with Gasteiger partial charge in [0.2, 0.25) is 0 Å². The van der Waals surface area contributed by atoms with Crippen molar-refractivity contribution in [3.05, 3.63) is 115 Å².